The maximum absolute atomic E-state index is 12.2. The average Bonchev–Trinajstić information content (AvgIpc) is 2.64. The molecule has 0 aromatic rings. The number of nitrogens with zero attached hydrogens (tertiary/aromatic N) is 1. The molecule has 3 unspecified atom stereocenters. The maximum atomic E-state index is 12.2. The lowest BCUT2D eigenvalue weighted by Crippen LogP contribution is -2.68. The maximum Gasteiger partial charge on any atom is 0.337 e. The third-order valence-corrected chi connectivity index (χ3v) is 5.29. The van der Waals surface area contributed by atoms with Gasteiger partial charge in [0.2, 0.25) is 5.91 Å². The highest BCUT2D eigenvalue weighted by Gasteiger charge is 2.63. The molecule has 0 aromatic carbocycles. The lowest BCUT2D eigenvalue weighted by molar-refractivity contribution is -0.170. The van der Waals surface area contributed by atoms with Gasteiger partial charge in [-0.15, -0.1) is 23.4 Å². The average molecular weight is 321 g/mol. The molecular formula is C12H17ClN2O4S. The van der Waals surface area contributed by atoms with E-state index in [1.807, 2.05) is 13.8 Å². The second kappa shape index (κ2) is 5.54. The number of thioether (sulfide) groups is 1. The molecule has 2 saturated heterocycles. The first kappa shape index (κ1) is 15.6. The largest absolute Gasteiger partial charge is 0.392 e. The molecule has 8 heteroatoms. The van der Waals surface area contributed by atoms with Gasteiger partial charge in [0.25, 0.3) is 0 Å². The molecule has 0 saturated carbocycles. The van der Waals surface area contributed by atoms with Crippen molar-refractivity contribution in [1.29, 1.82) is 0 Å². The van der Waals surface area contributed by atoms with Crippen LogP contribution in [0.4, 0.5) is 0 Å². The Kier molecular flexibility index (Phi) is 4.32. The third-order valence-electron chi connectivity index (χ3n) is 3.43. The zero-order chi connectivity index (χ0) is 15.1. The van der Waals surface area contributed by atoms with Crippen LogP contribution in [0.1, 0.15) is 26.7 Å². The fourth-order valence-corrected chi connectivity index (χ4v) is 4.15. The predicted molar refractivity (Wildman–Crippen MR) is 75.1 cm³/mol. The zero-order valence-corrected chi connectivity index (χ0v) is 12.9. The second-order valence-electron chi connectivity index (χ2n) is 5.37. The molecule has 0 spiro atoms. The molecule has 1 amide bonds. The highest BCUT2D eigenvalue weighted by Crippen LogP contribution is 2.50. The van der Waals surface area contributed by atoms with Crippen LogP contribution in [-0.2, 0) is 19.1 Å². The summed E-state index contributed by atoms with van der Waals surface area (Å²) in [4.78, 5) is 36.9. The van der Waals surface area contributed by atoms with Gasteiger partial charge in [-0.05, 0) is 20.3 Å². The fraction of sp³-hybridized carbons (Fsp3) is 0.750. The first-order valence-corrected chi connectivity index (χ1v) is 7.77. The molecule has 20 heavy (non-hydrogen) atoms. The summed E-state index contributed by atoms with van der Waals surface area (Å²) in [6.07, 6.45) is 0.541. The van der Waals surface area contributed by atoms with Gasteiger partial charge in [0.05, 0.1) is 0 Å². The van der Waals surface area contributed by atoms with E-state index in [1.165, 1.54) is 16.7 Å². The van der Waals surface area contributed by atoms with Gasteiger partial charge >= 0.3 is 11.9 Å². The Hall–Kier alpha value is -0.790. The number of carbonyl (C=O) groups excluding carboxylic acids is 3. The van der Waals surface area contributed by atoms with Crippen molar-refractivity contribution in [2.45, 2.75) is 48.9 Å². The fourth-order valence-electron chi connectivity index (χ4n) is 2.45. The number of carbonyl (C=O) groups is 3. The van der Waals surface area contributed by atoms with Gasteiger partial charge in [-0.25, -0.2) is 4.79 Å². The number of ether oxygens (including phenoxy) is 1. The number of hydrogen-bond acceptors (Lipinski definition) is 6. The van der Waals surface area contributed by atoms with Gasteiger partial charge in [0.15, 0.2) is 0 Å². The van der Waals surface area contributed by atoms with Crippen molar-refractivity contribution in [3.05, 3.63) is 0 Å². The van der Waals surface area contributed by atoms with Crippen LogP contribution in [-0.4, -0.2) is 50.8 Å². The topological polar surface area (TPSA) is 89.7 Å². The Labute approximate surface area is 126 Å². The van der Waals surface area contributed by atoms with E-state index in [0.717, 1.165) is 0 Å². The van der Waals surface area contributed by atoms with E-state index in [0.29, 0.717) is 12.3 Å². The molecule has 0 radical (unpaired) electrons. The number of β-lactam (4-membered cyclic amide) rings is 1. The predicted octanol–water partition coefficient (Wildman–Crippen LogP) is 0.465. The van der Waals surface area contributed by atoms with Gasteiger partial charge in [-0.2, -0.15) is 0 Å². The summed E-state index contributed by atoms with van der Waals surface area (Å²) in [5.74, 6) is -1.25. The molecule has 112 valence electrons. The van der Waals surface area contributed by atoms with Crippen molar-refractivity contribution in [2.24, 2.45) is 5.73 Å². The van der Waals surface area contributed by atoms with Gasteiger partial charge in [0, 0.05) is 17.0 Å². The first-order valence-electron chi connectivity index (χ1n) is 6.35. The number of rotatable bonds is 4. The van der Waals surface area contributed by atoms with Crippen LogP contribution in [0.25, 0.3) is 0 Å². The molecule has 3 atom stereocenters. The van der Waals surface area contributed by atoms with Gasteiger partial charge in [-0.3, -0.25) is 9.59 Å². The Bertz CT molecular complexity index is 457. The van der Waals surface area contributed by atoms with Gasteiger partial charge in [-0.1, -0.05) is 0 Å². The molecule has 2 rings (SSSR count). The lowest BCUT2D eigenvalue weighted by Gasteiger charge is -2.41. The summed E-state index contributed by atoms with van der Waals surface area (Å²) < 4.78 is 4.29. The van der Waals surface area contributed by atoms with Crippen LogP contribution in [0, 0.1) is 0 Å². The van der Waals surface area contributed by atoms with E-state index >= 15 is 0 Å². The number of halogens is 1. The summed E-state index contributed by atoms with van der Waals surface area (Å²) in [7, 11) is 0. The summed E-state index contributed by atoms with van der Waals surface area (Å²) in [5.41, 5.74) is 5.71. The molecule has 2 aliphatic heterocycles. The first-order chi connectivity index (χ1) is 9.29. The molecule has 0 bridgehead atoms. The van der Waals surface area contributed by atoms with E-state index in [9.17, 15) is 14.4 Å². The zero-order valence-electron chi connectivity index (χ0n) is 11.3. The molecule has 0 aliphatic carbocycles. The lowest BCUT2D eigenvalue weighted by atomic mass is 9.96. The Morgan fingerprint density at radius 1 is 1.50 bits per heavy atom. The van der Waals surface area contributed by atoms with Crippen LogP contribution in [0.15, 0.2) is 0 Å². The standard InChI is InChI=1S/C12H17ClN2O4S/c1-12(2)8(11(18)19-6(16)4-3-5-13)15-9(17)7(14)10(15)20-12/h7-8,10H,3-5,14H2,1-2H3. The van der Waals surface area contributed by atoms with E-state index in [1.54, 1.807) is 0 Å². The highest BCUT2D eigenvalue weighted by atomic mass is 35.5. The Balaban J connectivity index is 2.05. The summed E-state index contributed by atoms with van der Waals surface area (Å²) in [6, 6.07) is -1.35. The van der Waals surface area contributed by atoms with Gasteiger partial charge < -0.3 is 15.4 Å². The van der Waals surface area contributed by atoms with Crippen molar-refractivity contribution in [1.82, 2.24) is 4.90 Å². The minimum Gasteiger partial charge on any atom is -0.392 e. The summed E-state index contributed by atoms with van der Waals surface area (Å²) >= 11 is 6.94. The van der Waals surface area contributed by atoms with E-state index in [-0.39, 0.29) is 17.7 Å². The number of hydrogen-bond donors (Lipinski definition) is 1. The van der Waals surface area contributed by atoms with Crippen molar-refractivity contribution in [3.63, 3.8) is 0 Å². The molecule has 2 fully saturated rings. The van der Waals surface area contributed by atoms with E-state index in [4.69, 9.17) is 22.1 Å². The van der Waals surface area contributed by atoms with Crippen molar-refractivity contribution >= 4 is 41.2 Å². The van der Waals surface area contributed by atoms with Gasteiger partial charge in [0.1, 0.15) is 17.5 Å². The summed E-state index contributed by atoms with van der Waals surface area (Å²) in [6.45, 7) is 3.68. The monoisotopic (exact) mass is 320 g/mol. The van der Waals surface area contributed by atoms with Crippen LogP contribution >= 0.6 is 23.4 Å². The number of nitrogens with two attached hydrogens (primary N) is 1. The minimum atomic E-state index is -0.773. The van der Waals surface area contributed by atoms with Crippen LogP contribution < -0.4 is 5.73 Å². The van der Waals surface area contributed by atoms with Crippen LogP contribution in [0.5, 0.6) is 0 Å². The van der Waals surface area contributed by atoms with E-state index < -0.39 is 28.8 Å². The Morgan fingerprint density at radius 3 is 2.75 bits per heavy atom. The SMILES string of the molecule is CC1(C)SC2C(N)C(=O)N2C1C(=O)OC(=O)CCCCl. The van der Waals surface area contributed by atoms with Crippen molar-refractivity contribution in [3.8, 4) is 0 Å². The van der Waals surface area contributed by atoms with Crippen molar-refractivity contribution in [2.75, 3.05) is 5.88 Å². The van der Waals surface area contributed by atoms with Crippen LogP contribution in [0.2, 0.25) is 0 Å². The Morgan fingerprint density at radius 2 is 2.15 bits per heavy atom. The molecule has 2 N–H and O–H groups in total. The highest BCUT2D eigenvalue weighted by molar-refractivity contribution is 8.01. The normalized spacial score (nSPS) is 30.7. The second-order valence-corrected chi connectivity index (χ2v) is 7.52. The quantitative estimate of drug-likeness (QED) is 0.350. The van der Waals surface area contributed by atoms with Crippen LogP contribution in [0.3, 0.4) is 0 Å². The molecule has 6 nitrogen and oxygen atoms in total. The van der Waals surface area contributed by atoms with E-state index in [2.05, 4.69) is 0 Å². The summed E-state index contributed by atoms with van der Waals surface area (Å²) in [5, 5.41) is -0.215. The van der Waals surface area contributed by atoms with Crippen molar-refractivity contribution < 1.29 is 19.1 Å². The number of fused-ring (bicyclic) bond motifs is 1. The third kappa shape index (κ3) is 2.54. The number of amides is 1. The smallest absolute Gasteiger partial charge is 0.337 e. The molecule has 0 aromatic heterocycles. The molecular weight excluding hydrogens is 304 g/mol. The molecule has 2 aliphatic rings. The minimum absolute atomic E-state index is 0.0897. The molecule has 2 heterocycles. The number of esters is 2. The number of alkyl halides is 1.